The van der Waals surface area contributed by atoms with E-state index in [9.17, 15) is 23.5 Å². The third kappa shape index (κ3) is 3.99. The van der Waals surface area contributed by atoms with E-state index in [0.717, 1.165) is 19.1 Å². The van der Waals surface area contributed by atoms with Gasteiger partial charge in [0, 0.05) is 6.07 Å². The minimum atomic E-state index is -1.93. The van der Waals surface area contributed by atoms with Crippen LogP contribution in [-0.2, 0) is 9.53 Å². The lowest BCUT2D eigenvalue weighted by Crippen LogP contribution is -2.47. The van der Waals surface area contributed by atoms with Gasteiger partial charge in [0.1, 0.15) is 11.6 Å². The molecular weight excluding hydrogens is 272 g/mol. The van der Waals surface area contributed by atoms with Crippen LogP contribution in [0.1, 0.15) is 24.2 Å². The van der Waals surface area contributed by atoms with Crippen LogP contribution in [0.2, 0.25) is 0 Å². The summed E-state index contributed by atoms with van der Waals surface area (Å²) in [5.74, 6) is -3.61. The van der Waals surface area contributed by atoms with Crippen molar-refractivity contribution in [3.05, 3.63) is 35.4 Å². The number of rotatable bonds is 5. The molecule has 1 amide bonds. The largest absolute Gasteiger partial charge is 0.464 e. The number of halogens is 2. The maximum Gasteiger partial charge on any atom is 0.339 e. The number of carbonyl (C=O) groups excluding carboxylic acids is 2. The summed E-state index contributed by atoms with van der Waals surface area (Å²) in [7, 11) is 0. The predicted molar refractivity (Wildman–Crippen MR) is 65.9 cm³/mol. The molecule has 0 radical (unpaired) electrons. The van der Waals surface area contributed by atoms with Gasteiger partial charge in [-0.1, -0.05) is 0 Å². The lowest BCUT2D eigenvalue weighted by Gasteiger charge is -2.21. The van der Waals surface area contributed by atoms with Crippen molar-refractivity contribution in [3.8, 4) is 0 Å². The number of hydrogen-bond acceptors (Lipinski definition) is 4. The zero-order valence-electron chi connectivity index (χ0n) is 11.1. The Labute approximate surface area is 114 Å². The van der Waals surface area contributed by atoms with Crippen LogP contribution in [0.5, 0.6) is 0 Å². The molecule has 0 fully saturated rings. The van der Waals surface area contributed by atoms with E-state index in [-0.39, 0.29) is 12.2 Å². The number of aliphatic hydroxyl groups is 1. The van der Waals surface area contributed by atoms with E-state index in [0.29, 0.717) is 6.07 Å². The Kier molecular flexibility index (Phi) is 5.15. The first kappa shape index (κ1) is 16.0. The quantitative estimate of drug-likeness (QED) is 0.792. The molecular formula is C13H15F2NO4. The van der Waals surface area contributed by atoms with Crippen molar-refractivity contribution >= 4 is 11.9 Å². The topological polar surface area (TPSA) is 75.6 Å². The molecule has 1 aromatic carbocycles. The van der Waals surface area contributed by atoms with Crippen LogP contribution in [0.15, 0.2) is 18.2 Å². The Bertz CT molecular complexity index is 517. The first-order valence-electron chi connectivity index (χ1n) is 5.90. The van der Waals surface area contributed by atoms with Gasteiger partial charge in [0.15, 0.2) is 5.60 Å². The second-order valence-electron chi connectivity index (χ2n) is 4.30. The van der Waals surface area contributed by atoms with Crippen LogP contribution in [0.3, 0.4) is 0 Å². The molecule has 0 bridgehead atoms. The molecule has 0 saturated heterocycles. The van der Waals surface area contributed by atoms with E-state index in [4.69, 9.17) is 0 Å². The van der Waals surface area contributed by atoms with Crippen LogP contribution < -0.4 is 5.32 Å². The summed E-state index contributed by atoms with van der Waals surface area (Å²) in [6, 6.07) is 2.47. The second kappa shape index (κ2) is 6.42. The van der Waals surface area contributed by atoms with E-state index in [1.165, 1.54) is 0 Å². The Hall–Kier alpha value is -2.02. The van der Waals surface area contributed by atoms with Gasteiger partial charge in [0.25, 0.3) is 5.91 Å². The minimum absolute atomic E-state index is 0.0789. The summed E-state index contributed by atoms with van der Waals surface area (Å²) in [5.41, 5.74) is -2.31. The molecule has 0 aliphatic carbocycles. The molecule has 1 aromatic rings. The summed E-state index contributed by atoms with van der Waals surface area (Å²) in [5, 5.41) is 12.0. The average Bonchev–Trinajstić information content (AvgIpc) is 2.36. The van der Waals surface area contributed by atoms with Gasteiger partial charge in [-0.3, -0.25) is 4.79 Å². The van der Waals surface area contributed by atoms with Crippen molar-refractivity contribution in [2.75, 3.05) is 13.2 Å². The Morgan fingerprint density at radius 2 is 2.05 bits per heavy atom. The first-order valence-corrected chi connectivity index (χ1v) is 5.90. The summed E-state index contributed by atoms with van der Waals surface area (Å²) in [6.07, 6.45) is 0. The van der Waals surface area contributed by atoms with Gasteiger partial charge in [-0.15, -0.1) is 0 Å². The fraction of sp³-hybridized carbons (Fsp3) is 0.385. The number of carbonyl (C=O) groups is 2. The van der Waals surface area contributed by atoms with Gasteiger partial charge in [0.05, 0.1) is 18.7 Å². The van der Waals surface area contributed by atoms with Crippen LogP contribution in [0.4, 0.5) is 8.78 Å². The SMILES string of the molecule is CCOC(=O)C(C)(O)CNC(=O)c1ccc(F)cc1F. The van der Waals surface area contributed by atoms with Gasteiger partial charge in [0.2, 0.25) is 0 Å². The molecule has 0 aliphatic rings. The van der Waals surface area contributed by atoms with Gasteiger partial charge in [-0.05, 0) is 26.0 Å². The zero-order chi connectivity index (χ0) is 15.3. The van der Waals surface area contributed by atoms with E-state index >= 15 is 0 Å². The number of nitrogens with one attached hydrogen (secondary N) is 1. The van der Waals surface area contributed by atoms with E-state index in [1.807, 2.05) is 0 Å². The maximum absolute atomic E-state index is 13.3. The number of ether oxygens (including phenoxy) is 1. The first-order chi connectivity index (χ1) is 9.27. The van der Waals surface area contributed by atoms with Crippen molar-refractivity contribution in [1.29, 1.82) is 0 Å². The van der Waals surface area contributed by atoms with Gasteiger partial charge in [-0.25, -0.2) is 13.6 Å². The third-order valence-corrected chi connectivity index (χ3v) is 2.48. The standard InChI is InChI=1S/C13H15F2NO4/c1-3-20-12(18)13(2,19)7-16-11(17)9-5-4-8(14)6-10(9)15/h4-6,19H,3,7H2,1-2H3,(H,16,17). The third-order valence-electron chi connectivity index (χ3n) is 2.48. The maximum atomic E-state index is 13.3. The minimum Gasteiger partial charge on any atom is -0.464 e. The molecule has 110 valence electrons. The smallest absolute Gasteiger partial charge is 0.339 e. The lowest BCUT2D eigenvalue weighted by molar-refractivity contribution is -0.162. The van der Waals surface area contributed by atoms with Gasteiger partial charge < -0.3 is 15.2 Å². The molecule has 2 N–H and O–H groups in total. The molecule has 7 heteroatoms. The van der Waals surface area contributed by atoms with Crippen molar-refractivity contribution < 1.29 is 28.2 Å². The van der Waals surface area contributed by atoms with E-state index < -0.39 is 35.7 Å². The molecule has 0 aliphatic heterocycles. The van der Waals surface area contributed by atoms with Crippen molar-refractivity contribution in [2.24, 2.45) is 0 Å². The Balaban J connectivity index is 2.70. The molecule has 0 aromatic heterocycles. The molecule has 0 saturated carbocycles. The molecule has 1 unspecified atom stereocenters. The summed E-state index contributed by atoms with van der Waals surface area (Å²) in [6.45, 7) is 2.35. The fourth-order valence-corrected chi connectivity index (χ4v) is 1.38. The second-order valence-corrected chi connectivity index (χ2v) is 4.30. The molecule has 0 spiro atoms. The van der Waals surface area contributed by atoms with Crippen LogP contribution in [0.25, 0.3) is 0 Å². The normalized spacial score (nSPS) is 13.4. The number of benzene rings is 1. The molecule has 1 rings (SSSR count). The van der Waals surface area contributed by atoms with Crippen molar-refractivity contribution in [1.82, 2.24) is 5.32 Å². The van der Waals surface area contributed by atoms with Crippen molar-refractivity contribution in [2.45, 2.75) is 19.4 Å². The number of hydrogen-bond donors (Lipinski definition) is 2. The molecule has 1 atom stereocenters. The monoisotopic (exact) mass is 287 g/mol. The number of esters is 1. The predicted octanol–water partition coefficient (Wildman–Crippen LogP) is 1.01. The number of amides is 1. The van der Waals surface area contributed by atoms with Gasteiger partial charge in [-0.2, -0.15) is 0 Å². The summed E-state index contributed by atoms with van der Waals surface area (Å²) in [4.78, 5) is 23.0. The lowest BCUT2D eigenvalue weighted by atomic mass is 10.1. The fourth-order valence-electron chi connectivity index (χ4n) is 1.38. The highest BCUT2D eigenvalue weighted by molar-refractivity contribution is 5.95. The molecule has 20 heavy (non-hydrogen) atoms. The molecule has 5 nitrogen and oxygen atoms in total. The molecule has 0 heterocycles. The highest BCUT2D eigenvalue weighted by Crippen LogP contribution is 2.10. The van der Waals surface area contributed by atoms with Crippen LogP contribution >= 0.6 is 0 Å². The Morgan fingerprint density at radius 3 is 2.60 bits per heavy atom. The summed E-state index contributed by atoms with van der Waals surface area (Å²) < 4.78 is 30.7. The van der Waals surface area contributed by atoms with E-state index in [1.54, 1.807) is 6.92 Å². The van der Waals surface area contributed by atoms with Gasteiger partial charge >= 0.3 is 5.97 Å². The highest BCUT2D eigenvalue weighted by atomic mass is 19.1. The summed E-state index contributed by atoms with van der Waals surface area (Å²) >= 11 is 0. The van der Waals surface area contributed by atoms with Crippen molar-refractivity contribution in [3.63, 3.8) is 0 Å². The zero-order valence-corrected chi connectivity index (χ0v) is 11.1. The van der Waals surface area contributed by atoms with Crippen LogP contribution in [-0.4, -0.2) is 35.7 Å². The van der Waals surface area contributed by atoms with Crippen LogP contribution in [0, 0.1) is 11.6 Å². The van der Waals surface area contributed by atoms with E-state index in [2.05, 4.69) is 10.1 Å². The highest BCUT2D eigenvalue weighted by Gasteiger charge is 2.32. The average molecular weight is 287 g/mol. The Morgan fingerprint density at radius 1 is 1.40 bits per heavy atom.